The average molecular weight is 361 g/mol. The Balaban J connectivity index is 1.60. The van der Waals surface area contributed by atoms with Gasteiger partial charge in [-0.25, -0.2) is 4.79 Å². The van der Waals surface area contributed by atoms with Crippen LogP contribution in [0.4, 0.5) is 10.5 Å². The molecule has 1 aliphatic carbocycles. The molecule has 0 aliphatic heterocycles. The summed E-state index contributed by atoms with van der Waals surface area (Å²) in [6, 6.07) is 15.6. The number of nitrogens with one attached hydrogen (secondary N) is 2. The molecule has 27 heavy (non-hydrogen) atoms. The largest absolute Gasteiger partial charge is 0.322 e. The summed E-state index contributed by atoms with van der Waals surface area (Å²) in [6.07, 6.45) is 1.96. The maximum atomic E-state index is 12.8. The summed E-state index contributed by atoms with van der Waals surface area (Å²) < 4.78 is 0. The molecule has 0 atom stereocenters. The van der Waals surface area contributed by atoms with Crippen molar-refractivity contribution in [1.82, 2.24) is 9.88 Å². The molecular weight excluding hydrogens is 338 g/mol. The van der Waals surface area contributed by atoms with Gasteiger partial charge in [-0.1, -0.05) is 23.8 Å². The number of aromatic amines is 1. The number of carbonyl (C=O) groups excluding carboxylic acids is 1. The lowest BCUT2D eigenvalue weighted by atomic mass is 10.1. The summed E-state index contributed by atoms with van der Waals surface area (Å²) in [5, 5.41) is 3.95. The van der Waals surface area contributed by atoms with Gasteiger partial charge in [-0.2, -0.15) is 0 Å². The molecule has 5 heteroatoms. The minimum Gasteiger partial charge on any atom is -0.322 e. The molecular formula is C22H23N3O2. The number of fused-ring (bicyclic) bond motifs is 1. The number of hydrogen-bond acceptors (Lipinski definition) is 2. The van der Waals surface area contributed by atoms with Crippen molar-refractivity contribution in [3.05, 3.63) is 75.6 Å². The van der Waals surface area contributed by atoms with Crippen LogP contribution in [-0.4, -0.2) is 22.0 Å². The molecule has 0 unspecified atom stereocenters. The van der Waals surface area contributed by atoms with Crippen molar-refractivity contribution < 1.29 is 4.79 Å². The van der Waals surface area contributed by atoms with Crippen molar-refractivity contribution in [2.45, 2.75) is 39.3 Å². The van der Waals surface area contributed by atoms with E-state index in [1.165, 1.54) is 0 Å². The number of amides is 2. The van der Waals surface area contributed by atoms with Crippen LogP contribution in [0, 0.1) is 13.8 Å². The van der Waals surface area contributed by atoms with E-state index in [1.54, 1.807) is 4.90 Å². The van der Waals surface area contributed by atoms with Crippen LogP contribution in [-0.2, 0) is 6.54 Å². The highest BCUT2D eigenvalue weighted by Crippen LogP contribution is 2.29. The summed E-state index contributed by atoms with van der Waals surface area (Å²) in [6.45, 7) is 4.32. The second-order valence-electron chi connectivity index (χ2n) is 7.37. The van der Waals surface area contributed by atoms with Crippen molar-refractivity contribution in [2.75, 3.05) is 5.32 Å². The maximum Gasteiger partial charge on any atom is 0.322 e. The van der Waals surface area contributed by atoms with Crippen LogP contribution in [0.25, 0.3) is 10.9 Å². The first-order valence-electron chi connectivity index (χ1n) is 9.26. The maximum absolute atomic E-state index is 12.8. The van der Waals surface area contributed by atoms with Crippen LogP contribution in [0.3, 0.4) is 0 Å². The topological polar surface area (TPSA) is 65.2 Å². The van der Waals surface area contributed by atoms with Crippen molar-refractivity contribution in [1.29, 1.82) is 0 Å². The highest BCUT2D eigenvalue weighted by atomic mass is 16.2. The van der Waals surface area contributed by atoms with E-state index in [2.05, 4.69) is 10.3 Å². The molecule has 2 aromatic carbocycles. The summed E-state index contributed by atoms with van der Waals surface area (Å²) in [7, 11) is 0. The number of carbonyl (C=O) groups is 1. The van der Waals surface area contributed by atoms with Crippen molar-refractivity contribution in [3.63, 3.8) is 0 Å². The number of aryl methyl sites for hydroxylation is 2. The van der Waals surface area contributed by atoms with Crippen LogP contribution < -0.4 is 10.9 Å². The molecule has 5 nitrogen and oxygen atoms in total. The number of rotatable bonds is 4. The molecule has 138 valence electrons. The second kappa shape index (κ2) is 6.91. The van der Waals surface area contributed by atoms with Crippen LogP contribution in [0.1, 0.15) is 29.5 Å². The monoisotopic (exact) mass is 361 g/mol. The van der Waals surface area contributed by atoms with Crippen molar-refractivity contribution in [3.8, 4) is 0 Å². The van der Waals surface area contributed by atoms with Gasteiger partial charge in [0.2, 0.25) is 0 Å². The molecule has 1 fully saturated rings. The molecule has 0 radical (unpaired) electrons. The number of aromatic nitrogens is 1. The van der Waals surface area contributed by atoms with Gasteiger partial charge in [0.1, 0.15) is 0 Å². The molecule has 1 aliphatic rings. The van der Waals surface area contributed by atoms with Gasteiger partial charge in [0, 0.05) is 22.8 Å². The third-order valence-corrected chi connectivity index (χ3v) is 4.94. The number of urea groups is 1. The van der Waals surface area contributed by atoms with Gasteiger partial charge < -0.3 is 15.2 Å². The zero-order valence-corrected chi connectivity index (χ0v) is 15.6. The predicted octanol–water partition coefficient (Wildman–Crippen LogP) is 4.34. The van der Waals surface area contributed by atoms with E-state index >= 15 is 0 Å². The minimum absolute atomic E-state index is 0.139. The molecule has 0 saturated heterocycles. The summed E-state index contributed by atoms with van der Waals surface area (Å²) in [4.78, 5) is 30.1. The van der Waals surface area contributed by atoms with E-state index in [1.807, 2.05) is 62.4 Å². The highest BCUT2D eigenvalue weighted by molar-refractivity contribution is 5.90. The molecule has 2 N–H and O–H groups in total. The molecule has 0 bridgehead atoms. The zero-order valence-electron chi connectivity index (χ0n) is 15.6. The molecule has 4 rings (SSSR count). The number of anilines is 1. The van der Waals surface area contributed by atoms with E-state index in [9.17, 15) is 9.59 Å². The molecule has 3 aromatic rings. The number of pyridine rings is 1. The fraction of sp³-hybridized carbons (Fsp3) is 0.273. The lowest BCUT2D eigenvalue weighted by molar-refractivity contribution is 0.206. The van der Waals surface area contributed by atoms with E-state index in [-0.39, 0.29) is 17.6 Å². The van der Waals surface area contributed by atoms with Crippen LogP contribution in [0.15, 0.2) is 53.3 Å². The summed E-state index contributed by atoms with van der Waals surface area (Å²) in [5.41, 5.74) is 4.29. The van der Waals surface area contributed by atoms with Gasteiger partial charge >= 0.3 is 6.03 Å². The predicted molar refractivity (Wildman–Crippen MR) is 108 cm³/mol. The van der Waals surface area contributed by atoms with Crippen LogP contribution in [0.5, 0.6) is 0 Å². The molecule has 2 amide bonds. The Hall–Kier alpha value is -3.08. The minimum atomic E-state index is -0.160. The normalized spacial score (nSPS) is 13.6. The molecule has 0 spiro atoms. The number of H-pyrrole nitrogens is 1. The molecule has 1 saturated carbocycles. The van der Waals surface area contributed by atoms with E-state index in [4.69, 9.17) is 0 Å². The lowest BCUT2D eigenvalue weighted by Gasteiger charge is -2.23. The zero-order chi connectivity index (χ0) is 19.0. The first-order valence-corrected chi connectivity index (χ1v) is 9.26. The van der Waals surface area contributed by atoms with Gasteiger partial charge in [0.25, 0.3) is 5.56 Å². The number of nitrogens with zero attached hydrogens (tertiary/aromatic N) is 1. The summed E-state index contributed by atoms with van der Waals surface area (Å²) >= 11 is 0. The number of hydrogen-bond donors (Lipinski definition) is 2. The first-order chi connectivity index (χ1) is 13.0. The molecule has 1 aromatic heterocycles. The van der Waals surface area contributed by atoms with Crippen molar-refractivity contribution in [2.24, 2.45) is 0 Å². The lowest BCUT2D eigenvalue weighted by Crippen LogP contribution is -2.37. The Labute approximate surface area is 158 Å². The van der Waals surface area contributed by atoms with Gasteiger partial charge in [0.05, 0.1) is 6.54 Å². The Morgan fingerprint density at radius 2 is 1.89 bits per heavy atom. The fourth-order valence-electron chi connectivity index (χ4n) is 3.34. The van der Waals surface area contributed by atoms with Gasteiger partial charge in [-0.3, -0.25) is 4.79 Å². The Morgan fingerprint density at radius 3 is 2.63 bits per heavy atom. The smallest absolute Gasteiger partial charge is 0.322 e. The van der Waals surface area contributed by atoms with E-state index in [0.717, 1.165) is 40.6 Å². The second-order valence-corrected chi connectivity index (χ2v) is 7.37. The Kier molecular flexibility index (Phi) is 4.44. The Bertz CT molecular complexity index is 1070. The van der Waals surface area contributed by atoms with E-state index < -0.39 is 0 Å². The van der Waals surface area contributed by atoms with Crippen molar-refractivity contribution >= 4 is 22.6 Å². The fourth-order valence-corrected chi connectivity index (χ4v) is 3.34. The third kappa shape index (κ3) is 3.87. The van der Waals surface area contributed by atoms with Crippen LogP contribution >= 0.6 is 0 Å². The standard InChI is InChI=1S/C22H23N3O2/c1-14-4-3-5-18(11-14)23-22(27)25(19-7-8-19)13-17-12-16-10-15(2)6-9-20(16)24-21(17)26/h3-6,9-12,19H,7-8,13H2,1-2H3,(H,23,27)(H,24,26). The summed E-state index contributed by atoms with van der Waals surface area (Å²) in [5.74, 6) is 0. The average Bonchev–Trinajstić information content (AvgIpc) is 3.45. The Morgan fingerprint density at radius 1 is 1.11 bits per heavy atom. The van der Waals surface area contributed by atoms with Gasteiger partial charge in [0.15, 0.2) is 0 Å². The third-order valence-electron chi connectivity index (χ3n) is 4.94. The first kappa shape index (κ1) is 17.3. The highest BCUT2D eigenvalue weighted by Gasteiger charge is 2.33. The van der Waals surface area contributed by atoms with E-state index in [0.29, 0.717) is 12.1 Å². The quantitative estimate of drug-likeness (QED) is 0.726. The SMILES string of the molecule is Cc1cccc(NC(=O)N(Cc2cc3cc(C)ccc3[nH]c2=O)C2CC2)c1. The number of benzene rings is 2. The van der Waals surface area contributed by atoms with Gasteiger partial charge in [-0.05, 0) is 68.0 Å². The molecule has 1 heterocycles. The van der Waals surface area contributed by atoms with Crippen LogP contribution in [0.2, 0.25) is 0 Å². The van der Waals surface area contributed by atoms with Gasteiger partial charge in [-0.15, -0.1) is 0 Å².